The van der Waals surface area contributed by atoms with E-state index in [0.29, 0.717) is 12.5 Å². The van der Waals surface area contributed by atoms with Gasteiger partial charge in [0.2, 0.25) is 0 Å². The van der Waals surface area contributed by atoms with Crippen LogP contribution in [0.2, 0.25) is 0 Å². The molecule has 3 N–H and O–H groups in total. The Morgan fingerprint density at radius 2 is 2.00 bits per heavy atom. The number of benzene rings is 1. The first-order chi connectivity index (χ1) is 12.7. The zero-order valence-electron chi connectivity index (χ0n) is 16.5. The SMILES string of the molecule is CCCC(CCO)CN=C(NCC)NCCCOc1cccc(OC)c1. The van der Waals surface area contributed by atoms with Gasteiger partial charge in [0.1, 0.15) is 11.5 Å². The maximum absolute atomic E-state index is 9.16. The lowest BCUT2D eigenvalue weighted by molar-refractivity contribution is 0.253. The van der Waals surface area contributed by atoms with Crippen LogP contribution in [-0.2, 0) is 0 Å². The number of methoxy groups -OCH3 is 1. The fourth-order valence-electron chi connectivity index (χ4n) is 2.64. The minimum Gasteiger partial charge on any atom is -0.497 e. The van der Waals surface area contributed by atoms with Crippen molar-refractivity contribution in [3.63, 3.8) is 0 Å². The summed E-state index contributed by atoms with van der Waals surface area (Å²) in [5.41, 5.74) is 0. The molecule has 0 radical (unpaired) electrons. The van der Waals surface area contributed by atoms with Crippen LogP contribution in [0.25, 0.3) is 0 Å². The molecule has 0 aromatic heterocycles. The van der Waals surface area contributed by atoms with Gasteiger partial charge in [-0.2, -0.15) is 0 Å². The summed E-state index contributed by atoms with van der Waals surface area (Å²) in [4.78, 5) is 4.66. The first-order valence-corrected chi connectivity index (χ1v) is 9.63. The van der Waals surface area contributed by atoms with Crippen LogP contribution in [0.4, 0.5) is 0 Å². The van der Waals surface area contributed by atoms with E-state index in [2.05, 4.69) is 29.5 Å². The third-order valence-electron chi connectivity index (χ3n) is 4.01. The molecular formula is C20H35N3O3. The Hall–Kier alpha value is -1.95. The van der Waals surface area contributed by atoms with Gasteiger partial charge in [-0.15, -0.1) is 0 Å². The van der Waals surface area contributed by atoms with Crippen LogP contribution < -0.4 is 20.1 Å². The number of guanidine groups is 1. The average molecular weight is 366 g/mol. The van der Waals surface area contributed by atoms with Crippen LogP contribution in [0.15, 0.2) is 29.3 Å². The van der Waals surface area contributed by atoms with Crippen molar-refractivity contribution < 1.29 is 14.6 Å². The summed E-state index contributed by atoms with van der Waals surface area (Å²) in [6.07, 6.45) is 3.89. The summed E-state index contributed by atoms with van der Waals surface area (Å²) >= 11 is 0. The summed E-state index contributed by atoms with van der Waals surface area (Å²) in [6.45, 7) is 7.43. The average Bonchev–Trinajstić information content (AvgIpc) is 2.66. The van der Waals surface area contributed by atoms with Crippen molar-refractivity contribution >= 4 is 5.96 Å². The Kier molecular flexibility index (Phi) is 12.1. The lowest BCUT2D eigenvalue weighted by Gasteiger charge is -2.15. The molecule has 0 aliphatic rings. The van der Waals surface area contributed by atoms with Gasteiger partial charge in [-0.3, -0.25) is 4.99 Å². The smallest absolute Gasteiger partial charge is 0.191 e. The van der Waals surface area contributed by atoms with E-state index in [-0.39, 0.29) is 6.61 Å². The van der Waals surface area contributed by atoms with Gasteiger partial charge in [0.15, 0.2) is 5.96 Å². The van der Waals surface area contributed by atoms with E-state index >= 15 is 0 Å². The highest BCUT2D eigenvalue weighted by molar-refractivity contribution is 5.79. The van der Waals surface area contributed by atoms with Crippen LogP contribution in [0.1, 0.15) is 39.5 Å². The summed E-state index contributed by atoms with van der Waals surface area (Å²) < 4.78 is 10.9. The van der Waals surface area contributed by atoms with E-state index < -0.39 is 0 Å². The van der Waals surface area contributed by atoms with Crippen LogP contribution in [0, 0.1) is 5.92 Å². The number of nitrogens with zero attached hydrogens (tertiary/aromatic N) is 1. The Morgan fingerprint density at radius 1 is 1.19 bits per heavy atom. The molecule has 1 rings (SSSR count). The summed E-state index contributed by atoms with van der Waals surface area (Å²) in [7, 11) is 1.65. The number of nitrogens with one attached hydrogen (secondary N) is 2. The highest BCUT2D eigenvalue weighted by Gasteiger charge is 2.07. The van der Waals surface area contributed by atoms with Gasteiger partial charge < -0.3 is 25.2 Å². The molecule has 1 aromatic rings. The number of hydrogen-bond acceptors (Lipinski definition) is 4. The van der Waals surface area contributed by atoms with Crippen molar-refractivity contribution in [2.45, 2.75) is 39.5 Å². The predicted octanol–water partition coefficient (Wildman–Crippen LogP) is 2.82. The third-order valence-corrected chi connectivity index (χ3v) is 4.01. The molecule has 0 aliphatic heterocycles. The molecule has 0 saturated heterocycles. The Morgan fingerprint density at radius 3 is 2.69 bits per heavy atom. The van der Waals surface area contributed by atoms with Gasteiger partial charge in [0.25, 0.3) is 0 Å². The van der Waals surface area contributed by atoms with Crippen LogP contribution in [-0.4, -0.2) is 51.0 Å². The number of aliphatic hydroxyl groups is 1. The zero-order valence-corrected chi connectivity index (χ0v) is 16.5. The van der Waals surface area contributed by atoms with Gasteiger partial charge in [0, 0.05) is 32.3 Å². The highest BCUT2D eigenvalue weighted by atomic mass is 16.5. The van der Waals surface area contributed by atoms with Gasteiger partial charge in [0.05, 0.1) is 13.7 Å². The minimum absolute atomic E-state index is 0.228. The molecular weight excluding hydrogens is 330 g/mol. The van der Waals surface area contributed by atoms with Crippen molar-refractivity contribution in [3.8, 4) is 11.5 Å². The van der Waals surface area contributed by atoms with Crippen molar-refractivity contribution in [1.82, 2.24) is 10.6 Å². The van der Waals surface area contributed by atoms with Crippen molar-refractivity contribution in [3.05, 3.63) is 24.3 Å². The second-order valence-electron chi connectivity index (χ2n) is 6.19. The summed E-state index contributed by atoms with van der Waals surface area (Å²) in [6, 6.07) is 7.63. The lowest BCUT2D eigenvalue weighted by Crippen LogP contribution is -2.38. The van der Waals surface area contributed by atoms with E-state index in [0.717, 1.165) is 62.8 Å². The molecule has 0 aliphatic carbocycles. The Bertz CT molecular complexity index is 503. The van der Waals surface area contributed by atoms with E-state index in [4.69, 9.17) is 14.6 Å². The fraction of sp³-hybridized carbons (Fsp3) is 0.650. The molecule has 6 nitrogen and oxygen atoms in total. The molecule has 0 amide bonds. The van der Waals surface area contributed by atoms with Crippen LogP contribution in [0.5, 0.6) is 11.5 Å². The maximum Gasteiger partial charge on any atom is 0.191 e. The molecule has 0 spiro atoms. The first kappa shape index (κ1) is 22.1. The standard InChI is InChI=1S/C20H35N3O3/c1-4-8-17(11-13-24)16-23-20(21-5-2)22-12-7-14-26-19-10-6-9-18(15-19)25-3/h6,9-10,15,17,24H,4-5,7-8,11-14,16H2,1-3H3,(H2,21,22,23). The number of rotatable bonds is 13. The Labute approximate surface area is 158 Å². The van der Waals surface area contributed by atoms with E-state index in [1.807, 2.05) is 24.3 Å². The normalized spacial score (nSPS) is 12.5. The van der Waals surface area contributed by atoms with Gasteiger partial charge in [-0.25, -0.2) is 0 Å². The van der Waals surface area contributed by atoms with Gasteiger partial charge in [-0.05, 0) is 44.2 Å². The molecule has 6 heteroatoms. The monoisotopic (exact) mass is 365 g/mol. The topological polar surface area (TPSA) is 75.1 Å². The Balaban J connectivity index is 2.34. The quantitative estimate of drug-likeness (QED) is 0.285. The second kappa shape index (κ2) is 14.2. The van der Waals surface area contributed by atoms with Gasteiger partial charge >= 0.3 is 0 Å². The van der Waals surface area contributed by atoms with E-state index in [1.165, 1.54) is 0 Å². The number of ether oxygens (including phenoxy) is 2. The molecule has 0 bridgehead atoms. The highest BCUT2D eigenvalue weighted by Crippen LogP contribution is 2.18. The molecule has 148 valence electrons. The molecule has 1 aromatic carbocycles. The molecule has 26 heavy (non-hydrogen) atoms. The van der Waals surface area contributed by atoms with E-state index in [1.54, 1.807) is 7.11 Å². The molecule has 1 atom stereocenters. The third kappa shape index (κ3) is 9.51. The molecule has 0 saturated carbocycles. The van der Waals surface area contributed by atoms with Crippen molar-refractivity contribution in [2.75, 3.05) is 40.0 Å². The minimum atomic E-state index is 0.228. The number of aliphatic hydroxyl groups excluding tert-OH is 1. The predicted molar refractivity (Wildman–Crippen MR) is 107 cm³/mol. The van der Waals surface area contributed by atoms with Crippen LogP contribution in [0.3, 0.4) is 0 Å². The van der Waals surface area contributed by atoms with Crippen LogP contribution >= 0.6 is 0 Å². The largest absolute Gasteiger partial charge is 0.497 e. The number of hydrogen-bond donors (Lipinski definition) is 3. The maximum atomic E-state index is 9.16. The van der Waals surface area contributed by atoms with Crippen molar-refractivity contribution in [1.29, 1.82) is 0 Å². The lowest BCUT2D eigenvalue weighted by atomic mass is 10.0. The first-order valence-electron chi connectivity index (χ1n) is 9.63. The summed E-state index contributed by atoms with van der Waals surface area (Å²) in [5.74, 6) is 2.88. The zero-order chi connectivity index (χ0) is 19.0. The molecule has 0 heterocycles. The summed E-state index contributed by atoms with van der Waals surface area (Å²) in [5, 5.41) is 15.8. The molecule has 0 fully saturated rings. The second-order valence-corrected chi connectivity index (χ2v) is 6.19. The number of aliphatic imine (C=N–C) groups is 1. The van der Waals surface area contributed by atoms with Crippen molar-refractivity contribution in [2.24, 2.45) is 10.9 Å². The van der Waals surface area contributed by atoms with E-state index in [9.17, 15) is 0 Å². The van der Waals surface area contributed by atoms with Gasteiger partial charge in [-0.1, -0.05) is 19.4 Å². The fourth-order valence-corrected chi connectivity index (χ4v) is 2.64. The molecule has 1 unspecified atom stereocenters.